The SMILES string of the molecule is CCCCN1C(=O)CCc2cc(NC(=O)NCCCc3ccccc3)ccc21. The number of unbranched alkanes of at least 4 members (excludes halogenated alkanes) is 1. The molecule has 5 nitrogen and oxygen atoms in total. The lowest BCUT2D eigenvalue weighted by Gasteiger charge is -2.29. The van der Waals surface area contributed by atoms with Gasteiger partial charge in [0.25, 0.3) is 0 Å². The van der Waals surface area contributed by atoms with E-state index in [2.05, 4.69) is 29.7 Å². The van der Waals surface area contributed by atoms with E-state index in [-0.39, 0.29) is 11.9 Å². The van der Waals surface area contributed by atoms with Crippen LogP contribution in [0.5, 0.6) is 0 Å². The lowest BCUT2D eigenvalue weighted by atomic mass is 10.00. The predicted octanol–water partition coefficient (Wildman–Crippen LogP) is 4.52. The Labute approximate surface area is 167 Å². The Kier molecular flexibility index (Phi) is 7.06. The Hall–Kier alpha value is -2.82. The zero-order valence-electron chi connectivity index (χ0n) is 16.5. The Morgan fingerprint density at radius 1 is 1.07 bits per heavy atom. The fourth-order valence-electron chi connectivity index (χ4n) is 3.51. The molecule has 0 fully saturated rings. The van der Waals surface area contributed by atoms with Crippen molar-refractivity contribution < 1.29 is 9.59 Å². The second-order valence-corrected chi connectivity index (χ2v) is 7.21. The second-order valence-electron chi connectivity index (χ2n) is 7.21. The largest absolute Gasteiger partial charge is 0.338 e. The predicted molar refractivity (Wildman–Crippen MR) is 114 cm³/mol. The van der Waals surface area contributed by atoms with Gasteiger partial charge in [0.05, 0.1) is 0 Å². The molecule has 5 heteroatoms. The molecule has 0 saturated carbocycles. The molecule has 3 amide bonds. The van der Waals surface area contributed by atoms with E-state index in [0.717, 1.165) is 55.6 Å². The normalized spacial score (nSPS) is 13.2. The quantitative estimate of drug-likeness (QED) is 0.663. The molecule has 3 rings (SSSR count). The monoisotopic (exact) mass is 379 g/mol. The Bertz CT molecular complexity index is 805. The molecular formula is C23H29N3O2. The number of amides is 3. The summed E-state index contributed by atoms with van der Waals surface area (Å²) in [6.45, 7) is 3.52. The van der Waals surface area contributed by atoms with Crippen LogP contribution < -0.4 is 15.5 Å². The van der Waals surface area contributed by atoms with Crippen LogP contribution in [0.1, 0.15) is 43.7 Å². The number of urea groups is 1. The first-order chi connectivity index (χ1) is 13.7. The van der Waals surface area contributed by atoms with E-state index in [1.807, 2.05) is 41.3 Å². The topological polar surface area (TPSA) is 61.4 Å². The van der Waals surface area contributed by atoms with Gasteiger partial charge in [-0.25, -0.2) is 4.79 Å². The third-order valence-corrected chi connectivity index (χ3v) is 5.04. The number of hydrogen-bond acceptors (Lipinski definition) is 2. The molecular weight excluding hydrogens is 350 g/mol. The minimum atomic E-state index is -0.192. The van der Waals surface area contributed by atoms with Gasteiger partial charge in [-0.15, -0.1) is 0 Å². The molecule has 2 aromatic rings. The minimum absolute atomic E-state index is 0.192. The molecule has 0 atom stereocenters. The highest BCUT2D eigenvalue weighted by Gasteiger charge is 2.23. The summed E-state index contributed by atoms with van der Waals surface area (Å²) in [4.78, 5) is 26.3. The molecule has 148 valence electrons. The van der Waals surface area contributed by atoms with Crippen molar-refractivity contribution in [2.24, 2.45) is 0 Å². The van der Waals surface area contributed by atoms with Crippen molar-refractivity contribution in [3.8, 4) is 0 Å². The summed E-state index contributed by atoms with van der Waals surface area (Å²) >= 11 is 0. The Morgan fingerprint density at radius 2 is 1.89 bits per heavy atom. The Morgan fingerprint density at radius 3 is 2.68 bits per heavy atom. The van der Waals surface area contributed by atoms with Gasteiger partial charge in [-0.1, -0.05) is 43.7 Å². The van der Waals surface area contributed by atoms with Crippen LogP contribution in [0.15, 0.2) is 48.5 Å². The van der Waals surface area contributed by atoms with Crippen molar-refractivity contribution in [1.29, 1.82) is 0 Å². The fourth-order valence-corrected chi connectivity index (χ4v) is 3.51. The van der Waals surface area contributed by atoms with E-state index in [4.69, 9.17) is 0 Å². The standard InChI is InChI=1S/C23H29N3O2/c1-2-3-16-26-21-13-12-20(17-19(21)11-14-22(26)27)25-23(28)24-15-7-10-18-8-5-4-6-9-18/h4-6,8-9,12-13,17H,2-3,7,10-11,14-16H2,1H3,(H2,24,25,28). The summed E-state index contributed by atoms with van der Waals surface area (Å²) in [6, 6.07) is 15.9. The third kappa shape index (κ3) is 5.35. The minimum Gasteiger partial charge on any atom is -0.338 e. The molecule has 0 spiro atoms. The molecule has 0 radical (unpaired) electrons. The van der Waals surface area contributed by atoms with Crippen LogP contribution in [0, 0.1) is 0 Å². The van der Waals surface area contributed by atoms with Crippen LogP contribution in [-0.4, -0.2) is 25.0 Å². The number of fused-ring (bicyclic) bond motifs is 1. The highest BCUT2D eigenvalue weighted by molar-refractivity contribution is 5.97. The summed E-state index contributed by atoms with van der Waals surface area (Å²) in [6.07, 6.45) is 5.16. The zero-order chi connectivity index (χ0) is 19.8. The maximum absolute atomic E-state index is 12.2. The first kappa shape index (κ1) is 19.9. The number of anilines is 2. The summed E-state index contributed by atoms with van der Waals surface area (Å²) in [5, 5.41) is 5.82. The average Bonchev–Trinajstić information content (AvgIpc) is 2.71. The van der Waals surface area contributed by atoms with Crippen LogP contribution in [0.4, 0.5) is 16.2 Å². The van der Waals surface area contributed by atoms with Crippen molar-refractivity contribution in [3.05, 3.63) is 59.7 Å². The first-order valence-electron chi connectivity index (χ1n) is 10.2. The number of carbonyl (C=O) groups is 2. The molecule has 1 aliphatic heterocycles. The fraction of sp³-hybridized carbons (Fsp3) is 0.391. The van der Waals surface area contributed by atoms with Crippen LogP contribution in [0.3, 0.4) is 0 Å². The zero-order valence-corrected chi connectivity index (χ0v) is 16.5. The van der Waals surface area contributed by atoms with Crippen LogP contribution in [0.2, 0.25) is 0 Å². The van der Waals surface area contributed by atoms with Gasteiger partial charge in [-0.3, -0.25) is 4.79 Å². The van der Waals surface area contributed by atoms with Crippen LogP contribution in [-0.2, 0) is 17.6 Å². The summed E-state index contributed by atoms with van der Waals surface area (Å²) < 4.78 is 0. The van der Waals surface area contributed by atoms with Gasteiger partial charge in [-0.2, -0.15) is 0 Å². The first-order valence-corrected chi connectivity index (χ1v) is 10.2. The molecule has 1 aliphatic rings. The van der Waals surface area contributed by atoms with E-state index in [0.29, 0.717) is 13.0 Å². The van der Waals surface area contributed by atoms with E-state index in [1.54, 1.807) is 0 Å². The highest BCUT2D eigenvalue weighted by atomic mass is 16.2. The molecule has 0 unspecified atom stereocenters. The van der Waals surface area contributed by atoms with Gasteiger partial charge in [0.15, 0.2) is 0 Å². The van der Waals surface area contributed by atoms with Gasteiger partial charge >= 0.3 is 6.03 Å². The number of aryl methyl sites for hydroxylation is 2. The van der Waals surface area contributed by atoms with Gasteiger partial charge in [0, 0.05) is 30.9 Å². The molecule has 2 aromatic carbocycles. The number of hydrogen-bond donors (Lipinski definition) is 2. The molecule has 0 aromatic heterocycles. The molecule has 1 heterocycles. The smallest absolute Gasteiger partial charge is 0.319 e. The van der Waals surface area contributed by atoms with Crippen molar-refractivity contribution in [3.63, 3.8) is 0 Å². The number of rotatable bonds is 8. The van der Waals surface area contributed by atoms with Gasteiger partial charge in [0.1, 0.15) is 0 Å². The maximum Gasteiger partial charge on any atom is 0.319 e. The summed E-state index contributed by atoms with van der Waals surface area (Å²) in [5.41, 5.74) is 4.15. The van der Waals surface area contributed by atoms with E-state index < -0.39 is 0 Å². The van der Waals surface area contributed by atoms with Crippen LogP contribution in [0.25, 0.3) is 0 Å². The summed E-state index contributed by atoms with van der Waals surface area (Å²) in [7, 11) is 0. The lowest BCUT2D eigenvalue weighted by molar-refractivity contribution is -0.118. The third-order valence-electron chi connectivity index (χ3n) is 5.04. The van der Waals surface area contributed by atoms with Gasteiger partial charge < -0.3 is 15.5 Å². The van der Waals surface area contributed by atoms with E-state index >= 15 is 0 Å². The second kappa shape index (κ2) is 9.93. The van der Waals surface area contributed by atoms with Gasteiger partial charge in [0.2, 0.25) is 5.91 Å². The van der Waals surface area contributed by atoms with Crippen molar-refractivity contribution >= 4 is 23.3 Å². The molecule has 0 bridgehead atoms. The highest BCUT2D eigenvalue weighted by Crippen LogP contribution is 2.30. The maximum atomic E-state index is 12.2. The number of nitrogens with one attached hydrogen (secondary N) is 2. The van der Waals surface area contributed by atoms with Crippen molar-refractivity contribution in [2.45, 2.75) is 45.4 Å². The van der Waals surface area contributed by atoms with Gasteiger partial charge in [-0.05, 0) is 55.0 Å². The van der Waals surface area contributed by atoms with E-state index in [9.17, 15) is 9.59 Å². The number of nitrogens with zero attached hydrogens (tertiary/aromatic N) is 1. The lowest BCUT2D eigenvalue weighted by Crippen LogP contribution is -2.36. The number of carbonyl (C=O) groups excluding carboxylic acids is 2. The molecule has 28 heavy (non-hydrogen) atoms. The molecule has 0 aliphatic carbocycles. The van der Waals surface area contributed by atoms with E-state index in [1.165, 1.54) is 5.56 Å². The van der Waals surface area contributed by atoms with Crippen molar-refractivity contribution in [2.75, 3.05) is 23.3 Å². The van der Waals surface area contributed by atoms with Crippen LogP contribution >= 0.6 is 0 Å². The average molecular weight is 380 g/mol. The summed E-state index contributed by atoms with van der Waals surface area (Å²) in [5.74, 6) is 0.192. The number of benzene rings is 2. The molecule has 0 saturated heterocycles. The molecule has 2 N–H and O–H groups in total. The van der Waals surface area contributed by atoms with Crippen molar-refractivity contribution in [1.82, 2.24) is 5.32 Å². The Balaban J connectivity index is 1.50.